The van der Waals surface area contributed by atoms with Crippen molar-refractivity contribution < 1.29 is 0 Å². The summed E-state index contributed by atoms with van der Waals surface area (Å²) in [5, 5.41) is 16.7. The van der Waals surface area contributed by atoms with E-state index in [-0.39, 0.29) is 12.4 Å². The van der Waals surface area contributed by atoms with Gasteiger partial charge in [-0.1, -0.05) is 42.8 Å². The first-order valence-corrected chi connectivity index (χ1v) is 13.2. The fourth-order valence-electron chi connectivity index (χ4n) is 4.24. The van der Waals surface area contributed by atoms with Crippen molar-refractivity contribution in [1.82, 2.24) is 20.9 Å². The van der Waals surface area contributed by atoms with Crippen molar-refractivity contribution in [2.75, 3.05) is 57.7 Å². The number of hydrogen-bond donors (Lipinski definition) is 5. The average Bonchev–Trinajstić information content (AvgIpc) is 2.87. The number of nitrogens with one attached hydrogen (secondary N) is 4. The molecule has 3 rings (SSSR count). The molecule has 2 aromatic carbocycles. The highest BCUT2D eigenvalue weighted by atomic mass is 35.5. The Morgan fingerprint density at radius 2 is 1.00 bits per heavy atom. The highest BCUT2D eigenvalue weighted by molar-refractivity contribution is 6.07. The minimum absolute atomic E-state index is 0. The number of anilines is 1. The summed E-state index contributed by atoms with van der Waals surface area (Å²) in [4.78, 5) is 4.81. The highest BCUT2D eigenvalue weighted by Gasteiger charge is 2.07. The summed E-state index contributed by atoms with van der Waals surface area (Å²) < 4.78 is 0. The van der Waals surface area contributed by atoms with E-state index in [0.29, 0.717) is 0 Å². The average molecular weight is 501 g/mol. The van der Waals surface area contributed by atoms with Gasteiger partial charge >= 0.3 is 0 Å². The lowest BCUT2D eigenvalue weighted by Gasteiger charge is -2.13. The minimum Gasteiger partial charge on any atom is -0.384 e. The predicted octanol–water partition coefficient (Wildman–Crippen LogP) is 4.68. The van der Waals surface area contributed by atoms with Crippen LogP contribution in [0.5, 0.6) is 0 Å². The zero-order valence-electron chi connectivity index (χ0n) is 21.2. The van der Waals surface area contributed by atoms with Crippen LogP contribution in [0.25, 0.3) is 21.8 Å². The molecule has 0 bridgehead atoms. The van der Waals surface area contributed by atoms with Gasteiger partial charge in [-0.25, -0.2) is 4.98 Å². The van der Waals surface area contributed by atoms with Gasteiger partial charge in [-0.15, -0.1) is 12.4 Å². The normalized spacial score (nSPS) is 11.1. The topological polar surface area (TPSA) is 87.0 Å². The number of fused-ring (bicyclic) bond motifs is 2. The van der Waals surface area contributed by atoms with Crippen LogP contribution in [0.3, 0.4) is 0 Å². The summed E-state index contributed by atoms with van der Waals surface area (Å²) >= 11 is 0. The molecule has 35 heavy (non-hydrogen) atoms. The fourth-order valence-corrected chi connectivity index (χ4v) is 4.24. The molecule has 0 saturated carbocycles. The summed E-state index contributed by atoms with van der Waals surface area (Å²) in [6.07, 6.45) is 8.37. The van der Waals surface area contributed by atoms with Gasteiger partial charge in [0.05, 0.1) is 16.7 Å². The van der Waals surface area contributed by atoms with Crippen LogP contribution >= 0.6 is 12.4 Å². The molecule has 0 amide bonds. The summed E-state index contributed by atoms with van der Waals surface area (Å²) in [6.45, 7) is 8.35. The van der Waals surface area contributed by atoms with E-state index in [4.69, 9.17) is 10.7 Å². The van der Waals surface area contributed by atoms with Crippen LogP contribution in [0.1, 0.15) is 44.9 Å². The van der Waals surface area contributed by atoms with Crippen molar-refractivity contribution in [2.24, 2.45) is 5.73 Å². The Morgan fingerprint density at radius 1 is 0.543 bits per heavy atom. The van der Waals surface area contributed by atoms with Gasteiger partial charge in [0.25, 0.3) is 0 Å². The number of para-hydroxylation sites is 2. The van der Waals surface area contributed by atoms with Crippen molar-refractivity contribution in [3.05, 3.63) is 48.5 Å². The number of halogens is 1. The Bertz CT molecular complexity index is 897. The summed E-state index contributed by atoms with van der Waals surface area (Å²) in [5.41, 5.74) is 8.81. The van der Waals surface area contributed by atoms with Crippen LogP contribution in [0.15, 0.2) is 48.5 Å². The second-order valence-electron chi connectivity index (χ2n) is 8.96. The number of nitrogens with zero attached hydrogens (tertiary/aromatic N) is 1. The van der Waals surface area contributed by atoms with Crippen molar-refractivity contribution in [3.8, 4) is 0 Å². The molecule has 7 heteroatoms. The van der Waals surface area contributed by atoms with Crippen molar-refractivity contribution in [1.29, 1.82) is 0 Å². The lowest BCUT2D eigenvalue weighted by Crippen LogP contribution is -2.24. The maximum atomic E-state index is 5.49. The number of benzene rings is 2. The van der Waals surface area contributed by atoms with E-state index in [1.165, 1.54) is 55.0 Å². The van der Waals surface area contributed by atoms with E-state index in [2.05, 4.69) is 69.8 Å². The largest absolute Gasteiger partial charge is 0.384 e. The van der Waals surface area contributed by atoms with E-state index in [0.717, 1.165) is 69.8 Å². The van der Waals surface area contributed by atoms with Crippen LogP contribution in [0.2, 0.25) is 0 Å². The van der Waals surface area contributed by atoms with Gasteiger partial charge in [-0.05, 0) is 96.5 Å². The maximum absolute atomic E-state index is 5.49. The molecule has 1 heterocycles. The van der Waals surface area contributed by atoms with Gasteiger partial charge in [0.1, 0.15) is 0 Å². The van der Waals surface area contributed by atoms with Gasteiger partial charge in [0.2, 0.25) is 0 Å². The SMILES string of the molecule is Cl.NCCCNCCCCNCCCNCCCCCNc1c2ccccc2nc2ccccc12. The Labute approximate surface area is 217 Å². The number of pyridine rings is 1. The number of rotatable bonds is 19. The van der Waals surface area contributed by atoms with Crippen LogP contribution in [0, 0.1) is 0 Å². The van der Waals surface area contributed by atoms with Crippen molar-refractivity contribution in [3.63, 3.8) is 0 Å². The molecule has 0 radical (unpaired) electrons. The number of unbranched alkanes of at least 4 members (excludes halogenated alkanes) is 3. The number of hydrogen-bond acceptors (Lipinski definition) is 6. The Balaban J connectivity index is 0.00000432. The fraction of sp³-hybridized carbons (Fsp3) is 0.536. The first-order chi connectivity index (χ1) is 16.9. The predicted molar refractivity (Wildman–Crippen MR) is 155 cm³/mol. The van der Waals surface area contributed by atoms with Crippen molar-refractivity contribution >= 4 is 39.9 Å². The third-order valence-corrected chi connectivity index (χ3v) is 6.14. The molecule has 0 saturated heterocycles. The van der Waals surface area contributed by atoms with E-state index < -0.39 is 0 Å². The van der Waals surface area contributed by atoms with E-state index in [9.17, 15) is 0 Å². The van der Waals surface area contributed by atoms with Gasteiger partial charge < -0.3 is 27.0 Å². The molecule has 0 aliphatic rings. The van der Waals surface area contributed by atoms with Gasteiger partial charge in [-0.3, -0.25) is 0 Å². The summed E-state index contributed by atoms with van der Waals surface area (Å²) in [5.74, 6) is 0. The molecule has 194 valence electrons. The molecular formula is C28H45ClN6. The quantitative estimate of drug-likeness (QED) is 0.121. The number of nitrogens with two attached hydrogens (primary N) is 1. The monoisotopic (exact) mass is 500 g/mol. The Hall–Kier alpha value is -1.96. The summed E-state index contributed by atoms with van der Waals surface area (Å²) in [6, 6.07) is 16.8. The Morgan fingerprint density at radius 3 is 1.57 bits per heavy atom. The molecule has 1 aromatic heterocycles. The maximum Gasteiger partial charge on any atom is 0.0730 e. The lowest BCUT2D eigenvalue weighted by molar-refractivity contribution is 0.548. The first-order valence-electron chi connectivity index (χ1n) is 13.2. The molecule has 0 unspecified atom stereocenters. The van der Waals surface area contributed by atoms with E-state index >= 15 is 0 Å². The zero-order valence-corrected chi connectivity index (χ0v) is 22.0. The standard InChI is InChI=1S/C28H44N6.ClH/c29-16-10-20-30-18-8-9-19-32-22-11-21-31-17-6-1-7-23-33-28-24-12-2-4-14-26(24)34-27-15-5-3-13-25(27)28;/h2-5,12-15,30-32H,1,6-11,16-23,29H2,(H,33,34);1H. The molecule has 0 aliphatic heterocycles. The van der Waals surface area contributed by atoms with Crippen LogP contribution in [-0.4, -0.2) is 57.3 Å². The highest BCUT2D eigenvalue weighted by Crippen LogP contribution is 2.30. The zero-order chi connectivity index (χ0) is 23.7. The summed E-state index contributed by atoms with van der Waals surface area (Å²) in [7, 11) is 0. The van der Waals surface area contributed by atoms with Crippen LogP contribution < -0.4 is 27.0 Å². The van der Waals surface area contributed by atoms with Gasteiger partial charge in [0, 0.05) is 17.3 Å². The molecule has 0 spiro atoms. The van der Waals surface area contributed by atoms with Crippen LogP contribution in [-0.2, 0) is 0 Å². The molecule has 6 nitrogen and oxygen atoms in total. The van der Waals surface area contributed by atoms with E-state index in [1.54, 1.807) is 0 Å². The third kappa shape index (κ3) is 10.7. The first kappa shape index (κ1) is 29.3. The Kier molecular flexibility index (Phi) is 15.3. The molecule has 3 aromatic rings. The lowest BCUT2D eigenvalue weighted by atomic mass is 10.1. The molecule has 0 atom stereocenters. The van der Waals surface area contributed by atoms with Gasteiger partial charge in [0.15, 0.2) is 0 Å². The molecule has 0 aliphatic carbocycles. The minimum atomic E-state index is 0. The van der Waals surface area contributed by atoms with Crippen molar-refractivity contribution in [2.45, 2.75) is 44.9 Å². The smallest absolute Gasteiger partial charge is 0.0730 e. The number of aromatic nitrogens is 1. The van der Waals surface area contributed by atoms with E-state index in [1.807, 2.05) is 0 Å². The molecule has 0 fully saturated rings. The third-order valence-electron chi connectivity index (χ3n) is 6.14. The van der Waals surface area contributed by atoms with Gasteiger partial charge in [-0.2, -0.15) is 0 Å². The molecular weight excluding hydrogens is 456 g/mol. The second kappa shape index (κ2) is 18.3. The second-order valence-corrected chi connectivity index (χ2v) is 8.96. The molecule has 6 N–H and O–H groups in total. The van der Waals surface area contributed by atoms with Crippen LogP contribution in [0.4, 0.5) is 5.69 Å².